The van der Waals surface area contributed by atoms with Gasteiger partial charge >= 0.3 is 6.03 Å². The molecule has 1 atom stereocenters. The fraction of sp³-hybridized carbons (Fsp3) is 0.571. The van der Waals surface area contributed by atoms with E-state index in [1.54, 1.807) is 12.4 Å². The van der Waals surface area contributed by atoms with Crippen molar-refractivity contribution in [2.45, 2.75) is 24.9 Å². The molecule has 2 aliphatic heterocycles. The van der Waals surface area contributed by atoms with E-state index in [0.29, 0.717) is 6.04 Å². The molecule has 1 aromatic heterocycles. The quantitative estimate of drug-likeness (QED) is 0.870. The van der Waals surface area contributed by atoms with Crippen LogP contribution in [0.3, 0.4) is 0 Å². The number of hydrogen-bond donors (Lipinski definition) is 1. The van der Waals surface area contributed by atoms with Crippen molar-refractivity contribution in [3.63, 3.8) is 0 Å². The lowest BCUT2D eigenvalue weighted by Gasteiger charge is -2.30. The van der Waals surface area contributed by atoms with E-state index >= 15 is 0 Å². The predicted octanol–water partition coefficient (Wildman–Crippen LogP) is 1.24. The van der Waals surface area contributed by atoms with E-state index in [2.05, 4.69) is 10.3 Å². The van der Waals surface area contributed by atoms with Gasteiger partial charge < -0.3 is 15.1 Å². The van der Waals surface area contributed by atoms with Crippen LogP contribution >= 0.6 is 0 Å². The summed E-state index contributed by atoms with van der Waals surface area (Å²) in [5, 5.41) is 3.35. The van der Waals surface area contributed by atoms with Gasteiger partial charge in [-0.3, -0.25) is 4.98 Å². The minimum Gasteiger partial charge on any atom is -0.319 e. The minimum atomic E-state index is 0.158. The van der Waals surface area contributed by atoms with E-state index in [-0.39, 0.29) is 12.1 Å². The largest absolute Gasteiger partial charge is 0.320 e. The highest BCUT2D eigenvalue weighted by molar-refractivity contribution is 5.77. The minimum absolute atomic E-state index is 0.158. The summed E-state index contributed by atoms with van der Waals surface area (Å²) in [4.78, 5) is 20.4. The van der Waals surface area contributed by atoms with E-state index in [1.807, 2.05) is 29.0 Å². The normalized spacial score (nSPS) is 25.1. The second-order valence-corrected chi connectivity index (χ2v) is 5.32. The van der Waals surface area contributed by atoms with Gasteiger partial charge in [-0.15, -0.1) is 0 Å². The predicted molar refractivity (Wildman–Crippen MR) is 72.7 cm³/mol. The molecule has 5 nitrogen and oxygen atoms in total. The number of nitrogens with zero attached hydrogens (tertiary/aromatic N) is 3. The van der Waals surface area contributed by atoms with Crippen LogP contribution in [0.15, 0.2) is 24.5 Å². The zero-order valence-electron chi connectivity index (χ0n) is 11.2. The Morgan fingerprint density at radius 3 is 2.63 bits per heavy atom. The Kier molecular flexibility index (Phi) is 3.38. The number of likely N-dealkylation sites (N-methyl/N-ethyl adjacent to an activating group) is 1. The number of amides is 2. The topological polar surface area (TPSA) is 48.5 Å². The zero-order chi connectivity index (χ0) is 13.2. The van der Waals surface area contributed by atoms with Crippen LogP contribution in [-0.4, -0.2) is 53.5 Å². The highest BCUT2D eigenvalue weighted by Crippen LogP contribution is 2.30. The molecule has 5 heteroatoms. The molecular weight excluding hydrogens is 240 g/mol. The lowest BCUT2D eigenvalue weighted by molar-refractivity contribution is 0.170. The molecule has 3 rings (SSSR count). The molecule has 1 N–H and O–H groups in total. The van der Waals surface area contributed by atoms with Crippen LogP contribution in [0, 0.1) is 0 Å². The molecule has 3 heterocycles. The number of carbonyl (C=O) groups is 1. The lowest BCUT2D eigenvalue weighted by Crippen LogP contribution is -2.44. The van der Waals surface area contributed by atoms with Crippen molar-refractivity contribution in [2.24, 2.45) is 0 Å². The molecule has 2 fully saturated rings. The number of hydrogen-bond acceptors (Lipinski definition) is 3. The summed E-state index contributed by atoms with van der Waals surface area (Å²) in [6, 6.07) is 4.71. The standard InChI is InChI=1S/C14H20N4O/c1-17-13(11-2-6-15-7-3-11)10-18(14(17)19)12-4-8-16-9-5-12/h2-3,6-7,12-13,16H,4-5,8-10H2,1H3. The molecule has 0 aromatic carbocycles. The van der Waals surface area contributed by atoms with Crippen molar-refractivity contribution in [3.8, 4) is 0 Å². The van der Waals surface area contributed by atoms with Crippen LogP contribution in [0.1, 0.15) is 24.4 Å². The first-order chi connectivity index (χ1) is 9.27. The molecule has 0 bridgehead atoms. The van der Waals surface area contributed by atoms with Crippen LogP contribution in [0.25, 0.3) is 0 Å². The van der Waals surface area contributed by atoms with Crippen molar-refractivity contribution in [1.29, 1.82) is 0 Å². The molecule has 2 saturated heterocycles. The van der Waals surface area contributed by atoms with Gasteiger partial charge in [-0.25, -0.2) is 4.79 Å². The Morgan fingerprint density at radius 2 is 1.95 bits per heavy atom. The van der Waals surface area contributed by atoms with E-state index in [9.17, 15) is 4.79 Å². The number of pyridine rings is 1. The van der Waals surface area contributed by atoms with Gasteiger partial charge in [0.25, 0.3) is 0 Å². The Balaban J connectivity index is 1.77. The van der Waals surface area contributed by atoms with Gasteiger partial charge in [-0.2, -0.15) is 0 Å². The summed E-state index contributed by atoms with van der Waals surface area (Å²) in [6.45, 7) is 2.82. The van der Waals surface area contributed by atoms with Crippen LogP contribution < -0.4 is 5.32 Å². The summed E-state index contributed by atoms with van der Waals surface area (Å²) in [6.07, 6.45) is 5.70. The Bertz CT molecular complexity index is 444. The zero-order valence-corrected chi connectivity index (χ0v) is 11.2. The van der Waals surface area contributed by atoms with Gasteiger partial charge in [0.15, 0.2) is 0 Å². The summed E-state index contributed by atoms with van der Waals surface area (Å²) in [5.74, 6) is 0. The first-order valence-corrected chi connectivity index (χ1v) is 6.91. The van der Waals surface area contributed by atoms with Crippen molar-refractivity contribution < 1.29 is 4.79 Å². The van der Waals surface area contributed by atoms with Crippen molar-refractivity contribution in [2.75, 3.05) is 26.7 Å². The Labute approximate surface area is 113 Å². The van der Waals surface area contributed by atoms with Gasteiger partial charge in [-0.05, 0) is 43.6 Å². The van der Waals surface area contributed by atoms with Crippen LogP contribution in [0.5, 0.6) is 0 Å². The number of carbonyl (C=O) groups excluding carboxylic acids is 1. The fourth-order valence-corrected chi connectivity index (χ4v) is 3.06. The monoisotopic (exact) mass is 260 g/mol. The van der Waals surface area contributed by atoms with Gasteiger partial charge in [0.05, 0.1) is 6.04 Å². The number of nitrogens with one attached hydrogen (secondary N) is 1. The Morgan fingerprint density at radius 1 is 1.26 bits per heavy atom. The third-order valence-electron chi connectivity index (χ3n) is 4.22. The summed E-state index contributed by atoms with van der Waals surface area (Å²) < 4.78 is 0. The maximum absolute atomic E-state index is 12.4. The van der Waals surface area contributed by atoms with E-state index in [0.717, 1.165) is 32.5 Å². The van der Waals surface area contributed by atoms with Gasteiger partial charge in [0, 0.05) is 32.0 Å². The number of urea groups is 1. The summed E-state index contributed by atoms with van der Waals surface area (Å²) >= 11 is 0. The first kappa shape index (κ1) is 12.4. The first-order valence-electron chi connectivity index (χ1n) is 6.91. The third-order valence-corrected chi connectivity index (χ3v) is 4.22. The van der Waals surface area contributed by atoms with Crippen LogP contribution in [0.4, 0.5) is 4.79 Å². The molecule has 2 aliphatic rings. The van der Waals surface area contributed by atoms with E-state index in [4.69, 9.17) is 0 Å². The second-order valence-electron chi connectivity index (χ2n) is 5.32. The molecule has 1 aromatic rings. The van der Waals surface area contributed by atoms with Gasteiger partial charge in [-0.1, -0.05) is 0 Å². The molecular formula is C14H20N4O. The van der Waals surface area contributed by atoms with E-state index in [1.165, 1.54) is 5.56 Å². The second kappa shape index (κ2) is 5.17. The lowest BCUT2D eigenvalue weighted by atomic mass is 10.0. The van der Waals surface area contributed by atoms with Crippen LogP contribution in [-0.2, 0) is 0 Å². The fourth-order valence-electron chi connectivity index (χ4n) is 3.06. The Hall–Kier alpha value is -1.62. The highest BCUT2D eigenvalue weighted by atomic mass is 16.2. The van der Waals surface area contributed by atoms with Gasteiger partial charge in [0.2, 0.25) is 0 Å². The average molecular weight is 260 g/mol. The van der Waals surface area contributed by atoms with Crippen molar-refractivity contribution in [3.05, 3.63) is 30.1 Å². The number of rotatable bonds is 2. The molecule has 0 aliphatic carbocycles. The maximum Gasteiger partial charge on any atom is 0.320 e. The van der Waals surface area contributed by atoms with Crippen molar-refractivity contribution >= 4 is 6.03 Å². The molecule has 102 valence electrons. The maximum atomic E-state index is 12.4. The number of aromatic nitrogens is 1. The molecule has 2 amide bonds. The smallest absolute Gasteiger partial charge is 0.319 e. The van der Waals surface area contributed by atoms with Crippen LogP contribution in [0.2, 0.25) is 0 Å². The average Bonchev–Trinajstić information content (AvgIpc) is 2.77. The highest BCUT2D eigenvalue weighted by Gasteiger charge is 2.39. The van der Waals surface area contributed by atoms with E-state index < -0.39 is 0 Å². The SMILES string of the molecule is CN1C(=O)N(C2CCNCC2)CC1c1ccncc1. The molecule has 0 saturated carbocycles. The molecule has 19 heavy (non-hydrogen) atoms. The van der Waals surface area contributed by atoms with Gasteiger partial charge in [0.1, 0.15) is 0 Å². The number of piperidine rings is 1. The van der Waals surface area contributed by atoms with Crippen molar-refractivity contribution in [1.82, 2.24) is 20.1 Å². The third kappa shape index (κ3) is 2.30. The molecule has 0 spiro atoms. The summed E-state index contributed by atoms with van der Waals surface area (Å²) in [5.41, 5.74) is 1.17. The summed E-state index contributed by atoms with van der Waals surface area (Å²) in [7, 11) is 1.90. The molecule has 1 unspecified atom stereocenters. The molecule has 0 radical (unpaired) electrons.